The van der Waals surface area contributed by atoms with E-state index in [2.05, 4.69) is 5.32 Å². The molecule has 1 aromatic rings. The predicted octanol–water partition coefficient (Wildman–Crippen LogP) is 5.01. The lowest BCUT2D eigenvalue weighted by molar-refractivity contribution is -0.144. The monoisotopic (exact) mass is 408 g/mol. The summed E-state index contributed by atoms with van der Waals surface area (Å²) in [5.41, 5.74) is -3.47. The van der Waals surface area contributed by atoms with E-state index in [1.54, 1.807) is 0 Å². The minimum absolute atomic E-state index is 0.0257. The maximum atomic E-state index is 13.0. The van der Waals surface area contributed by atoms with Crippen molar-refractivity contribution in [2.24, 2.45) is 0 Å². The van der Waals surface area contributed by atoms with E-state index >= 15 is 0 Å². The summed E-state index contributed by atoms with van der Waals surface area (Å²) in [5, 5.41) is 2.94. The van der Waals surface area contributed by atoms with Crippen molar-refractivity contribution in [3.8, 4) is 0 Å². The van der Waals surface area contributed by atoms with Gasteiger partial charge in [-0.2, -0.15) is 39.5 Å². The van der Waals surface area contributed by atoms with Gasteiger partial charge in [-0.1, -0.05) is 0 Å². The van der Waals surface area contributed by atoms with Crippen molar-refractivity contribution in [1.29, 1.82) is 0 Å². The summed E-state index contributed by atoms with van der Waals surface area (Å²) in [6.07, 6.45) is -16.6. The van der Waals surface area contributed by atoms with Crippen LogP contribution < -0.4 is 5.32 Å². The Kier molecular flexibility index (Phi) is 6.35. The summed E-state index contributed by atoms with van der Waals surface area (Å²) >= 11 is 0. The van der Waals surface area contributed by atoms with Crippen LogP contribution in [0.15, 0.2) is 18.2 Å². The first-order valence-corrected chi connectivity index (χ1v) is 8.08. The van der Waals surface area contributed by atoms with Crippen LogP contribution in [0.3, 0.4) is 0 Å². The molecule has 154 valence electrons. The average Bonchev–Trinajstić information content (AvgIpc) is 2.53. The second kappa shape index (κ2) is 7.86. The van der Waals surface area contributed by atoms with E-state index in [0.29, 0.717) is 25.2 Å². The minimum Gasteiger partial charge on any atom is -0.314 e. The van der Waals surface area contributed by atoms with Gasteiger partial charge in [-0.05, 0) is 30.2 Å². The van der Waals surface area contributed by atoms with Crippen LogP contribution in [0.25, 0.3) is 0 Å². The molecule has 0 aliphatic carbocycles. The Bertz CT molecular complexity index is 596. The van der Waals surface area contributed by atoms with Crippen LogP contribution in [0.5, 0.6) is 0 Å². The highest BCUT2D eigenvalue weighted by Gasteiger charge is 2.39. The molecule has 1 heterocycles. The molecule has 0 amide bonds. The fourth-order valence-electron chi connectivity index (χ4n) is 3.03. The predicted molar refractivity (Wildman–Crippen MR) is 78.9 cm³/mol. The SMILES string of the molecule is FC(F)(F)CC[C@@H](c1cc(C(F)(F)F)cc(C(F)(F)F)c1)N1CCNCC1. The first-order chi connectivity index (χ1) is 12.3. The third kappa shape index (κ3) is 6.27. The Morgan fingerprint density at radius 2 is 1.30 bits per heavy atom. The van der Waals surface area contributed by atoms with Crippen LogP contribution in [-0.4, -0.2) is 37.3 Å². The smallest absolute Gasteiger partial charge is 0.314 e. The average molecular weight is 408 g/mol. The first kappa shape index (κ1) is 21.8. The maximum absolute atomic E-state index is 13.0. The van der Waals surface area contributed by atoms with Crippen molar-refractivity contribution < 1.29 is 39.5 Å². The van der Waals surface area contributed by atoms with Crippen molar-refractivity contribution in [1.82, 2.24) is 10.2 Å². The molecule has 2 nitrogen and oxygen atoms in total. The molecule has 0 radical (unpaired) electrons. The van der Waals surface area contributed by atoms with Gasteiger partial charge in [-0.25, -0.2) is 0 Å². The molecule has 27 heavy (non-hydrogen) atoms. The number of hydrogen-bond donors (Lipinski definition) is 1. The maximum Gasteiger partial charge on any atom is 0.416 e. The third-order valence-corrected chi connectivity index (χ3v) is 4.29. The van der Waals surface area contributed by atoms with Crippen molar-refractivity contribution in [2.45, 2.75) is 37.4 Å². The summed E-state index contributed by atoms with van der Waals surface area (Å²) in [7, 11) is 0. The normalized spacial score (nSPS) is 18.6. The highest BCUT2D eigenvalue weighted by Crippen LogP contribution is 2.40. The van der Waals surface area contributed by atoms with E-state index in [4.69, 9.17) is 0 Å². The van der Waals surface area contributed by atoms with Crippen molar-refractivity contribution in [3.63, 3.8) is 0 Å². The summed E-state index contributed by atoms with van der Waals surface area (Å²) in [6.45, 7) is 1.21. The van der Waals surface area contributed by atoms with Gasteiger partial charge in [-0.15, -0.1) is 0 Å². The number of benzene rings is 1. The number of halogens is 9. The van der Waals surface area contributed by atoms with Gasteiger partial charge < -0.3 is 5.32 Å². The number of nitrogens with zero attached hydrogens (tertiary/aromatic N) is 1. The molecule has 11 heteroatoms. The Labute approximate surface area is 149 Å². The Balaban J connectivity index is 2.48. The van der Waals surface area contributed by atoms with Gasteiger partial charge in [-0.3, -0.25) is 4.90 Å². The highest BCUT2D eigenvalue weighted by molar-refractivity contribution is 5.35. The molecule has 1 atom stereocenters. The zero-order valence-electron chi connectivity index (χ0n) is 13.9. The summed E-state index contributed by atoms with van der Waals surface area (Å²) in [5.74, 6) is 0. The molecule has 0 saturated carbocycles. The second-order valence-corrected chi connectivity index (χ2v) is 6.29. The van der Waals surface area contributed by atoms with Crippen LogP contribution in [-0.2, 0) is 12.4 Å². The Morgan fingerprint density at radius 1 is 0.815 bits per heavy atom. The van der Waals surface area contributed by atoms with E-state index in [1.165, 1.54) is 4.90 Å². The van der Waals surface area contributed by atoms with Gasteiger partial charge in [0.25, 0.3) is 0 Å². The highest BCUT2D eigenvalue weighted by atomic mass is 19.4. The van der Waals surface area contributed by atoms with E-state index < -0.39 is 54.1 Å². The molecule has 1 fully saturated rings. The topological polar surface area (TPSA) is 15.3 Å². The van der Waals surface area contributed by atoms with Gasteiger partial charge in [0, 0.05) is 38.6 Å². The molecule has 1 N–H and O–H groups in total. The molecule has 0 spiro atoms. The van der Waals surface area contributed by atoms with Crippen LogP contribution in [0.4, 0.5) is 39.5 Å². The lowest BCUT2D eigenvalue weighted by Crippen LogP contribution is -2.45. The number of alkyl halides is 9. The van der Waals surface area contributed by atoms with Gasteiger partial charge in [0.05, 0.1) is 11.1 Å². The largest absolute Gasteiger partial charge is 0.416 e. The molecule has 1 saturated heterocycles. The molecular formula is C16H17F9N2. The number of piperazine rings is 1. The Morgan fingerprint density at radius 3 is 1.70 bits per heavy atom. The molecule has 1 aliphatic heterocycles. The van der Waals surface area contributed by atoms with Gasteiger partial charge >= 0.3 is 18.5 Å². The van der Waals surface area contributed by atoms with Gasteiger partial charge in [0.1, 0.15) is 0 Å². The minimum atomic E-state index is -5.05. The standard InChI is InChI=1S/C16H17F9N2/c17-14(18,19)2-1-13(27-5-3-26-4-6-27)10-7-11(15(20,21)22)9-12(8-10)16(23,24)25/h7-9,13,26H,1-6H2/t13-/m0/s1. The molecule has 2 rings (SSSR count). The lowest BCUT2D eigenvalue weighted by Gasteiger charge is -2.36. The summed E-state index contributed by atoms with van der Waals surface area (Å²) in [6, 6.07) is -0.198. The fourth-order valence-corrected chi connectivity index (χ4v) is 3.03. The zero-order chi connectivity index (χ0) is 20.5. The molecule has 0 unspecified atom stereocenters. The number of nitrogens with one attached hydrogen (secondary N) is 1. The molecule has 1 aromatic carbocycles. The van der Waals surface area contributed by atoms with Gasteiger partial charge in [0.15, 0.2) is 0 Å². The van der Waals surface area contributed by atoms with Gasteiger partial charge in [0.2, 0.25) is 0 Å². The zero-order valence-corrected chi connectivity index (χ0v) is 13.9. The van der Waals surface area contributed by atoms with Crippen molar-refractivity contribution in [3.05, 3.63) is 34.9 Å². The van der Waals surface area contributed by atoms with Crippen LogP contribution >= 0.6 is 0 Å². The van der Waals surface area contributed by atoms with Crippen molar-refractivity contribution >= 4 is 0 Å². The van der Waals surface area contributed by atoms with E-state index in [0.717, 1.165) is 0 Å². The second-order valence-electron chi connectivity index (χ2n) is 6.29. The van der Waals surface area contributed by atoms with E-state index in [1.807, 2.05) is 0 Å². The third-order valence-electron chi connectivity index (χ3n) is 4.29. The number of rotatable bonds is 4. The van der Waals surface area contributed by atoms with Crippen LogP contribution in [0.1, 0.15) is 35.6 Å². The van der Waals surface area contributed by atoms with E-state index in [-0.39, 0.29) is 19.2 Å². The van der Waals surface area contributed by atoms with Crippen molar-refractivity contribution in [2.75, 3.05) is 26.2 Å². The quantitative estimate of drug-likeness (QED) is 0.705. The number of hydrogen-bond acceptors (Lipinski definition) is 2. The summed E-state index contributed by atoms with van der Waals surface area (Å²) in [4.78, 5) is 1.48. The Hall–Kier alpha value is -1.49. The molecule has 0 aromatic heterocycles. The molecule has 0 bridgehead atoms. The van der Waals surface area contributed by atoms with E-state index in [9.17, 15) is 39.5 Å². The molecular weight excluding hydrogens is 391 g/mol. The van der Waals surface area contributed by atoms with Crippen LogP contribution in [0.2, 0.25) is 0 Å². The lowest BCUT2D eigenvalue weighted by atomic mass is 9.95. The fraction of sp³-hybridized carbons (Fsp3) is 0.625. The van der Waals surface area contributed by atoms with Crippen LogP contribution in [0, 0.1) is 0 Å². The first-order valence-electron chi connectivity index (χ1n) is 8.08. The molecule has 1 aliphatic rings. The summed E-state index contributed by atoms with van der Waals surface area (Å²) < 4.78 is 116.